The Hall–Kier alpha value is -1.10. The summed E-state index contributed by atoms with van der Waals surface area (Å²) >= 11 is 0. The van der Waals surface area contributed by atoms with E-state index in [-0.39, 0.29) is 17.9 Å². The predicted molar refractivity (Wildman–Crippen MR) is 59.9 cm³/mol. The van der Waals surface area contributed by atoms with Gasteiger partial charge in [-0.1, -0.05) is 13.3 Å². The maximum atomic E-state index is 11.8. The van der Waals surface area contributed by atoms with Gasteiger partial charge in [-0.2, -0.15) is 0 Å². The maximum Gasteiger partial charge on any atom is 0.328 e. The van der Waals surface area contributed by atoms with Crippen LogP contribution in [0, 0.1) is 0 Å². The molecule has 1 aliphatic rings. The fourth-order valence-corrected chi connectivity index (χ4v) is 1.82. The van der Waals surface area contributed by atoms with Gasteiger partial charge in [0.2, 0.25) is 5.91 Å². The van der Waals surface area contributed by atoms with Crippen molar-refractivity contribution >= 4 is 11.9 Å². The van der Waals surface area contributed by atoms with E-state index in [0.29, 0.717) is 6.42 Å². The molecule has 0 aromatic carbocycles. The Morgan fingerprint density at radius 3 is 2.75 bits per heavy atom. The lowest BCUT2D eigenvalue weighted by Crippen LogP contribution is -2.51. The highest BCUT2D eigenvalue weighted by atomic mass is 16.5. The zero-order valence-electron chi connectivity index (χ0n) is 9.91. The van der Waals surface area contributed by atoms with Gasteiger partial charge in [0.25, 0.3) is 0 Å². The molecule has 0 aromatic rings. The SMILES string of the molecule is CCC(NC(=O)C1CCCCN1)C(=O)OC. The van der Waals surface area contributed by atoms with E-state index in [9.17, 15) is 9.59 Å². The summed E-state index contributed by atoms with van der Waals surface area (Å²) in [7, 11) is 1.33. The number of hydrogen-bond acceptors (Lipinski definition) is 4. The van der Waals surface area contributed by atoms with Crippen LogP contribution < -0.4 is 10.6 Å². The van der Waals surface area contributed by atoms with Crippen LogP contribution in [0.15, 0.2) is 0 Å². The number of carbonyl (C=O) groups excluding carboxylic acids is 2. The van der Waals surface area contributed by atoms with E-state index in [1.807, 2.05) is 6.92 Å². The van der Waals surface area contributed by atoms with Gasteiger partial charge in [-0.05, 0) is 25.8 Å². The number of hydrogen-bond donors (Lipinski definition) is 2. The smallest absolute Gasteiger partial charge is 0.328 e. The third-order valence-corrected chi connectivity index (χ3v) is 2.84. The largest absolute Gasteiger partial charge is 0.467 e. The standard InChI is InChI=1S/C11H20N2O3/c1-3-8(11(15)16-2)13-10(14)9-6-4-5-7-12-9/h8-9,12H,3-7H2,1-2H3,(H,13,14). The third-order valence-electron chi connectivity index (χ3n) is 2.84. The van der Waals surface area contributed by atoms with Crippen LogP contribution in [0.2, 0.25) is 0 Å². The van der Waals surface area contributed by atoms with Gasteiger partial charge in [-0.15, -0.1) is 0 Å². The van der Waals surface area contributed by atoms with Gasteiger partial charge >= 0.3 is 5.97 Å². The second-order valence-corrected chi connectivity index (χ2v) is 4.00. The lowest BCUT2D eigenvalue weighted by molar-refractivity contribution is -0.145. The molecule has 1 aliphatic heterocycles. The summed E-state index contributed by atoms with van der Waals surface area (Å²) < 4.78 is 4.62. The van der Waals surface area contributed by atoms with Crippen LogP contribution in [0.1, 0.15) is 32.6 Å². The molecule has 0 bridgehead atoms. The number of amides is 1. The van der Waals surface area contributed by atoms with Crippen molar-refractivity contribution in [1.29, 1.82) is 0 Å². The summed E-state index contributed by atoms with van der Waals surface area (Å²) in [6, 6.07) is -0.686. The van der Waals surface area contributed by atoms with Crippen LogP contribution in [0.3, 0.4) is 0 Å². The lowest BCUT2D eigenvalue weighted by Gasteiger charge is -2.24. The Bertz CT molecular complexity index is 250. The topological polar surface area (TPSA) is 67.4 Å². The van der Waals surface area contributed by atoms with Crippen molar-refractivity contribution in [1.82, 2.24) is 10.6 Å². The summed E-state index contributed by atoms with van der Waals surface area (Å²) in [5.74, 6) is -0.483. The summed E-state index contributed by atoms with van der Waals surface area (Å²) in [6.07, 6.45) is 3.55. The van der Waals surface area contributed by atoms with Gasteiger partial charge in [0, 0.05) is 0 Å². The van der Waals surface area contributed by atoms with Crippen LogP contribution in [-0.2, 0) is 14.3 Å². The zero-order chi connectivity index (χ0) is 12.0. The highest BCUT2D eigenvalue weighted by molar-refractivity contribution is 5.87. The van der Waals surface area contributed by atoms with Gasteiger partial charge in [-0.3, -0.25) is 4.79 Å². The van der Waals surface area contributed by atoms with Gasteiger partial charge in [-0.25, -0.2) is 4.79 Å². The number of piperidine rings is 1. The number of carbonyl (C=O) groups is 2. The highest BCUT2D eigenvalue weighted by Gasteiger charge is 2.25. The van der Waals surface area contributed by atoms with Crippen molar-refractivity contribution in [3.63, 3.8) is 0 Å². The molecule has 0 aromatic heterocycles. The first-order valence-corrected chi connectivity index (χ1v) is 5.80. The van der Waals surface area contributed by atoms with Crippen molar-refractivity contribution < 1.29 is 14.3 Å². The van der Waals surface area contributed by atoms with Crippen molar-refractivity contribution in [2.45, 2.75) is 44.7 Å². The number of esters is 1. The zero-order valence-corrected chi connectivity index (χ0v) is 9.91. The number of rotatable bonds is 4. The predicted octanol–water partition coefficient (Wildman–Crippen LogP) is 0.196. The lowest BCUT2D eigenvalue weighted by atomic mass is 10.0. The molecular weight excluding hydrogens is 208 g/mol. The first kappa shape index (κ1) is 13.0. The molecular formula is C11H20N2O3. The fraction of sp³-hybridized carbons (Fsp3) is 0.818. The molecule has 0 saturated carbocycles. The molecule has 0 aliphatic carbocycles. The molecule has 2 unspecified atom stereocenters. The van der Waals surface area contributed by atoms with Crippen molar-refractivity contribution in [2.24, 2.45) is 0 Å². The number of nitrogens with one attached hydrogen (secondary N) is 2. The fourth-order valence-electron chi connectivity index (χ4n) is 1.82. The molecule has 1 heterocycles. The Labute approximate surface area is 95.9 Å². The van der Waals surface area contributed by atoms with E-state index in [4.69, 9.17) is 0 Å². The Kier molecular flexibility index (Phi) is 5.25. The number of ether oxygens (including phenoxy) is 1. The van der Waals surface area contributed by atoms with Crippen LogP contribution >= 0.6 is 0 Å². The molecule has 1 saturated heterocycles. The van der Waals surface area contributed by atoms with Crippen LogP contribution in [-0.4, -0.2) is 37.6 Å². The molecule has 1 fully saturated rings. The van der Waals surface area contributed by atoms with Gasteiger partial charge in [0.05, 0.1) is 13.2 Å². The summed E-state index contributed by atoms with van der Waals surface area (Å²) in [4.78, 5) is 23.1. The normalized spacial score (nSPS) is 22.2. The second kappa shape index (κ2) is 6.48. The van der Waals surface area contributed by atoms with E-state index in [1.165, 1.54) is 7.11 Å². The average Bonchev–Trinajstić information content (AvgIpc) is 2.35. The molecule has 92 valence electrons. The minimum absolute atomic E-state index is 0.100. The Morgan fingerprint density at radius 1 is 1.50 bits per heavy atom. The molecule has 5 nitrogen and oxygen atoms in total. The molecule has 5 heteroatoms. The number of methoxy groups -OCH3 is 1. The molecule has 1 rings (SSSR count). The highest BCUT2D eigenvalue weighted by Crippen LogP contribution is 2.07. The molecule has 16 heavy (non-hydrogen) atoms. The first-order chi connectivity index (χ1) is 7.69. The van der Waals surface area contributed by atoms with Gasteiger partial charge in [0.1, 0.15) is 6.04 Å². The van der Waals surface area contributed by atoms with Gasteiger partial charge < -0.3 is 15.4 Å². The van der Waals surface area contributed by atoms with E-state index in [2.05, 4.69) is 15.4 Å². The molecule has 0 spiro atoms. The summed E-state index contributed by atoms with van der Waals surface area (Å²) in [6.45, 7) is 2.71. The summed E-state index contributed by atoms with van der Waals surface area (Å²) in [5, 5.41) is 5.85. The van der Waals surface area contributed by atoms with E-state index in [0.717, 1.165) is 25.8 Å². The summed E-state index contributed by atoms with van der Waals surface area (Å²) in [5.41, 5.74) is 0. The Morgan fingerprint density at radius 2 is 2.25 bits per heavy atom. The van der Waals surface area contributed by atoms with Gasteiger partial charge in [0.15, 0.2) is 0 Å². The van der Waals surface area contributed by atoms with Crippen molar-refractivity contribution in [3.8, 4) is 0 Å². The van der Waals surface area contributed by atoms with Crippen LogP contribution in [0.5, 0.6) is 0 Å². The molecule has 0 radical (unpaired) electrons. The minimum atomic E-state index is -0.527. The molecule has 2 atom stereocenters. The van der Waals surface area contributed by atoms with Crippen molar-refractivity contribution in [3.05, 3.63) is 0 Å². The van der Waals surface area contributed by atoms with E-state index < -0.39 is 6.04 Å². The molecule has 1 amide bonds. The third kappa shape index (κ3) is 3.48. The van der Waals surface area contributed by atoms with Crippen molar-refractivity contribution in [2.75, 3.05) is 13.7 Å². The van der Waals surface area contributed by atoms with E-state index in [1.54, 1.807) is 0 Å². The van der Waals surface area contributed by atoms with E-state index >= 15 is 0 Å². The van der Waals surface area contributed by atoms with Crippen LogP contribution in [0.25, 0.3) is 0 Å². The first-order valence-electron chi connectivity index (χ1n) is 5.80. The van der Waals surface area contributed by atoms with Crippen LogP contribution in [0.4, 0.5) is 0 Å². The minimum Gasteiger partial charge on any atom is -0.467 e. The maximum absolute atomic E-state index is 11.8. The quantitative estimate of drug-likeness (QED) is 0.674. The second-order valence-electron chi connectivity index (χ2n) is 4.00. The Balaban J connectivity index is 2.44. The molecule has 2 N–H and O–H groups in total. The average molecular weight is 228 g/mol. The monoisotopic (exact) mass is 228 g/mol.